The van der Waals surface area contributed by atoms with Crippen molar-refractivity contribution in [1.82, 2.24) is 16.2 Å². The van der Waals surface area contributed by atoms with Crippen molar-refractivity contribution in [2.45, 2.75) is 32.0 Å². The molecule has 1 heterocycles. The van der Waals surface area contributed by atoms with E-state index >= 15 is 0 Å². The van der Waals surface area contributed by atoms with Gasteiger partial charge in [-0.05, 0) is 50.2 Å². The van der Waals surface area contributed by atoms with Crippen LogP contribution in [-0.4, -0.2) is 24.2 Å². The molecule has 4 N–H and O–H groups in total. The minimum absolute atomic E-state index is 0.00641. The van der Waals surface area contributed by atoms with E-state index in [0.717, 1.165) is 0 Å². The van der Waals surface area contributed by atoms with E-state index in [9.17, 15) is 4.79 Å². The maximum Gasteiger partial charge on any atom is 0.319 e. The molecule has 2 atom stereocenters. The first-order valence-electron chi connectivity index (χ1n) is 8.42. The standard InChI is InChI=1S/C19H21N5O2/c1-12-18(13(2)24-23-12)22-19(25)21-15-4-3-5-17(10-15)26-16-8-6-14(11-20)7-9-16/h3-10,12-13,18,23-24H,1-2H3,(H2,21,22,25). The van der Waals surface area contributed by atoms with Gasteiger partial charge in [0.05, 0.1) is 17.7 Å². The molecule has 0 bridgehead atoms. The first kappa shape index (κ1) is 17.7. The zero-order valence-electron chi connectivity index (χ0n) is 14.6. The molecule has 1 aliphatic heterocycles. The SMILES string of the molecule is CC1NNC(C)C1NC(=O)Nc1cccc(Oc2ccc(C#N)cc2)c1. The molecule has 1 aliphatic rings. The normalized spacial score (nSPS) is 21.7. The Hall–Kier alpha value is -3.08. The molecule has 134 valence electrons. The predicted molar refractivity (Wildman–Crippen MR) is 98.8 cm³/mol. The van der Waals surface area contributed by atoms with Crippen LogP contribution in [0.1, 0.15) is 19.4 Å². The van der Waals surface area contributed by atoms with E-state index in [1.165, 1.54) is 0 Å². The van der Waals surface area contributed by atoms with E-state index in [-0.39, 0.29) is 24.2 Å². The van der Waals surface area contributed by atoms with Gasteiger partial charge in [-0.25, -0.2) is 4.79 Å². The molecule has 2 aromatic rings. The van der Waals surface area contributed by atoms with Gasteiger partial charge >= 0.3 is 6.03 Å². The summed E-state index contributed by atoms with van der Waals surface area (Å²) in [5.74, 6) is 1.22. The van der Waals surface area contributed by atoms with E-state index in [2.05, 4.69) is 27.6 Å². The van der Waals surface area contributed by atoms with Crippen LogP contribution in [0.25, 0.3) is 0 Å². The van der Waals surface area contributed by atoms with Crippen molar-refractivity contribution in [3.8, 4) is 17.6 Å². The predicted octanol–water partition coefficient (Wildman–Crippen LogP) is 2.73. The van der Waals surface area contributed by atoms with Gasteiger partial charge in [-0.2, -0.15) is 5.26 Å². The van der Waals surface area contributed by atoms with Crippen LogP contribution in [0.5, 0.6) is 11.5 Å². The minimum atomic E-state index is -0.269. The Kier molecular flexibility index (Phi) is 5.37. The number of anilines is 1. The van der Waals surface area contributed by atoms with Crippen LogP contribution in [0, 0.1) is 11.3 Å². The lowest BCUT2D eigenvalue weighted by atomic mass is 10.1. The maximum atomic E-state index is 12.3. The molecule has 7 heteroatoms. The molecule has 7 nitrogen and oxygen atoms in total. The van der Waals surface area contributed by atoms with E-state index in [1.807, 2.05) is 13.8 Å². The zero-order chi connectivity index (χ0) is 18.5. The number of nitrogens with one attached hydrogen (secondary N) is 4. The summed E-state index contributed by atoms with van der Waals surface area (Å²) >= 11 is 0. The third-order valence-corrected chi connectivity index (χ3v) is 4.22. The minimum Gasteiger partial charge on any atom is -0.457 e. The fourth-order valence-corrected chi connectivity index (χ4v) is 2.81. The Balaban J connectivity index is 1.61. The largest absolute Gasteiger partial charge is 0.457 e. The van der Waals surface area contributed by atoms with Gasteiger partial charge in [0.15, 0.2) is 0 Å². The van der Waals surface area contributed by atoms with Crippen molar-refractivity contribution < 1.29 is 9.53 Å². The summed E-state index contributed by atoms with van der Waals surface area (Å²) in [5.41, 5.74) is 7.41. The highest BCUT2D eigenvalue weighted by Gasteiger charge is 2.30. The van der Waals surface area contributed by atoms with Gasteiger partial charge < -0.3 is 15.4 Å². The summed E-state index contributed by atoms with van der Waals surface area (Å²) in [6.07, 6.45) is 0. The van der Waals surface area contributed by atoms with Gasteiger partial charge in [0, 0.05) is 23.8 Å². The topological polar surface area (TPSA) is 98.2 Å². The number of hydrogen-bond acceptors (Lipinski definition) is 5. The van der Waals surface area contributed by atoms with Crippen molar-refractivity contribution >= 4 is 11.7 Å². The lowest BCUT2D eigenvalue weighted by Crippen LogP contribution is -2.47. The van der Waals surface area contributed by atoms with Crippen LogP contribution in [0.4, 0.5) is 10.5 Å². The summed E-state index contributed by atoms with van der Waals surface area (Å²) in [6.45, 7) is 4.01. The summed E-state index contributed by atoms with van der Waals surface area (Å²) in [5, 5.41) is 14.6. The van der Waals surface area contributed by atoms with Gasteiger partial charge in [0.2, 0.25) is 0 Å². The van der Waals surface area contributed by atoms with Crippen LogP contribution in [0.2, 0.25) is 0 Å². The number of ether oxygens (including phenoxy) is 1. The highest BCUT2D eigenvalue weighted by molar-refractivity contribution is 5.89. The van der Waals surface area contributed by atoms with E-state index in [4.69, 9.17) is 10.00 Å². The summed E-state index contributed by atoms with van der Waals surface area (Å²) in [4.78, 5) is 12.3. The van der Waals surface area contributed by atoms with Gasteiger partial charge in [-0.3, -0.25) is 10.9 Å². The third-order valence-electron chi connectivity index (χ3n) is 4.22. The van der Waals surface area contributed by atoms with Crippen LogP contribution >= 0.6 is 0 Å². The number of nitrogens with zero attached hydrogens (tertiary/aromatic N) is 1. The molecule has 2 unspecified atom stereocenters. The molecule has 2 aromatic carbocycles. The summed E-state index contributed by atoms with van der Waals surface area (Å²) < 4.78 is 5.77. The van der Waals surface area contributed by atoms with E-state index in [1.54, 1.807) is 48.5 Å². The number of nitriles is 1. The van der Waals surface area contributed by atoms with Gasteiger partial charge in [-0.15, -0.1) is 0 Å². The van der Waals surface area contributed by atoms with Gasteiger partial charge in [-0.1, -0.05) is 6.07 Å². The van der Waals surface area contributed by atoms with Crippen LogP contribution in [-0.2, 0) is 0 Å². The van der Waals surface area contributed by atoms with E-state index < -0.39 is 0 Å². The number of carbonyl (C=O) groups excluding carboxylic acids is 1. The quantitative estimate of drug-likeness (QED) is 0.679. The lowest BCUT2D eigenvalue weighted by Gasteiger charge is -2.20. The van der Waals surface area contributed by atoms with Crippen molar-refractivity contribution in [3.05, 3.63) is 54.1 Å². The Morgan fingerprint density at radius 3 is 2.42 bits per heavy atom. The number of urea groups is 1. The second-order valence-corrected chi connectivity index (χ2v) is 6.26. The molecular weight excluding hydrogens is 330 g/mol. The van der Waals surface area contributed by atoms with Crippen LogP contribution in [0.3, 0.4) is 0 Å². The Morgan fingerprint density at radius 1 is 1.08 bits per heavy atom. The molecule has 0 aliphatic carbocycles. The average Bonchev–Trinajstić information content (AvgIpc) is 2.94. The number of rotatable bonds is 4. The summed E-state index contributed by atoms with van der Waals surface area (Å²) in [7, 11) is 0. The molecule has 0 spiro atoms. The number of benzene rings is 2. The molecule has 0 saturated carbocycles. The number of carbonyl (C=O) groups is 1. The summed E-state index contributed by atoms with van der Waals surface area (Å²) in [6, 6.07) is 16.1. The van der Waals surface area contributed by atoms with Crippen molar-refractivity contribution in [2.75, 3.05) is 5.32 Å². The fraction of sp³-hybridized carbons (Fsp3) is 0.263. The van der Waals surface area contributed by atoms with E-state index in [0.29, 0.717) is 22.7 Å². The smallest absolute Gasteiger partial charge is 0.319 e. The Labute approximate surface area is 152 Å². The lowest BCUT2D eigenvalue weighted by molar-refractivity contribution is 0.246. The Bertz CT molecular complexity index is 805. The molecule has 1 saturated heterocycles. The third kappa shape index (κ3) is 4.30. The number of hydrazine groups is 1. The maximum absolute atomic E-state index is 12.3. The molecule has 26 heavy (non-hydrogen) atoms. The molecule has 0 aromatic heterocycles. The van der Waals surface area contributed by atoms with Crippen LogP contribution < -0.4 is 26.2 Å². The molecular formula is C19H21N5O2. The zero-order valence-corrected chi connectivity index (χ0v) is 14.6. The van der Waals surface area contributed by atoms with Gasteiger partial charge in [0.25, 0.3) is 0 Å². The fourth-order valence-electron chi connectivity index (χ4n) is 2.81. The van der Waals surface area contributed by atoms with Crippen LogP contribution in [0.15, 0.2) is 48.5 Å². The second-order valence-electron chi connectivity index (χ2n) is 6.26. The first-order chi connectivity index (χ1) is 12.5. The van der Waals surface area contributed by atoms with Crippen molar-refractivity contribution in [2.24, 2.45) is 0 Å². The molecule has 0 radical (unpaired) electrons. The van der Waals surface area contributed by atoms with Crippen molar-refractivity contribution in [1.29, 1.82) is 5.26 Å². The highest BCUT2D eigenvalue weighted by atomic mass is 16.5. The molecule has 1 fully saturated rings. The van der Waals surface area contributed by atoms with Gasteiger partial charge in [0.1, 0.15) is 11.5 Å². The first-order valence-corrected chi connectivity index (χ1v) is 8.42. The average molecular weight is 351 g/mol. The van der Waals surface area contributed by atoms with Crippen molar-refractivity contribution in [3.63, 3.8) is 0 Å². The highest BCUT2D eigenvalue weighted by Crippen LogP contribution is 2.24. The number of hydrogen-bond donors (Lipinski definition) is 4. The molecule has 3 rings (SSSR count). The molecule has 2 amide bonds. The second kappa shape index (κ2) is 7.87. The number of amides is 2. The monoisotopic (exact) mass is 351 g/mol. The Morgan fingerprint density at radius 2 is 1.77 bits per heavy atom.